The van der Waals surface area contributed by atoms with E-state index in [4.69, 9.17) is 0 Å². The fourth-order valence-electron chi connectivity index (χ4n) is 2.43. The maximum atomic E-state index is 12.2. The molecule has 0 radical (unpaired) electrons. The van der Waals surface area contributed by atoms with E-state index in [-0.39, 0.29) is 49.6 Å². The SMILES string of the molecule is CC(c1ccccc1)N(C)C(=O)CCN1C(=O)CCC1=O. The predicted molar refractivity (Wildman–Crippen MR) is 78.2 cm³/mol. The second-order valence-corrected chi connectivity index (χ2v) is 5.28. The van der Waals surface area contributed by atoms with Crippen LogP contribution in [0, 0.1) is 0 Å². The molecule has 2 rings (SSSR count). The number of hydrogen-bond donors (Lipinski definition) is 0. The van der Waals surface area contributed by atoms with Crippen LogP contribution in [0.4, 0.5) is 0 Å². The predicted octanol–water partition coefficient (Wildman–Crippen LogP) is 1.75. The summed E-state index contributed by atoms with van der Waals surface area (Å²) in [6, 6.07) is 9.72. The van der Waals surface area contributed by atoms with Gasteiger partial charge >= 0.3 is 0 Å². The van der Waals surface area contributed by atoms with Gasteiger partial charge in [0.15, 0.2) is 0 Å². The molecule has 1 heterocycles. The van der Waals surface area contributed by atoms with Crippen molar-refractivity contribution in [2.75, 3.05) is 13.6 Å². The third-order valence-electron chi connectivity index (χ3n) is 3.96. The summed E-state index contributed by atoms with van der Waals surface area (Å²) in [5, 5.41) is 0. The molecule has 0 N–H and O–H groups in total. The minimum Gasteiger partial charge on any atom is -0.339 e. The molecular weight excluding hydrogens is 268 g/mol. The van der Waals surface area contributed by atoms with Gasteiger partial charge < -0.3 is 4.90 Å². The first-order chi connectivity index (χ1) is 10.0. The van der Waals surface area contributed by atoms with E-state index in [9.17, 15) is 14.4 Å². The monoisotopic (exact) mass is 288 g/mol. The zero-order valence-electron chi connectivity index (χ0n) is 12.4. The van der Waals surface area contributed by atoms with Crippen molar-refractivity contribution in [2.24, 2.45) is 0 Å². The van der Waals surface area contributed by atoms with Gasteiger partial charge in [-0.15, -0.1) is 0 Å². The largest absolute Gasteiger partial charge is 0.339 e. The second-order valence-electron chi connectivity index (χ2n) is 5.28. The van der Waals surface area contributed by atoms with Gasteiger partial charge in [0.25, 0.3) is 0 Å². The number of amides is 3. The van der Waals surface area contributed by atoms with Crippen molar-refractivity contribution in [3.05, 3.63) is 35.9 Å². The van der Waals surface area contributed by atoms with Crippen LogP contribution in [-0.4, -0.2) is 41.1 Å². The highest BCUT2D eigenvalue weighted by molar-refractivity contribution is 6.02. The Hall–Kier alpha value is -2.17. The molecule has 0 saturated carbocycles. The van der Waals surface area contributed by atoms with Crippen molar-refractivity contribution in [2.45, 2.75) is 32.2 Å². The molecule has 0 aliphatic carbocycles. The zero-order chi connectivity index (χ0) is 15.4. The summed E-state index contributed by atoms with van der Waals surface area (Å²) in [6.45, 7) is 2.14. The number of carbonyl (C=O) groups is 3. The summed E-state index contributed by atoms with van der Waals surface area (Å²) in [5.74, 6) is -0.419. The molecule has 1 aliphatic rings. The van der Waals surface area contributed by atoms with E-state index in [1.54, 1.807) is 11.9 Å². The summed E-state index contributed by atoms with van der Waals surface area (Å²) in [4.78, 5) is 38.1. The molecule has 1 unspecified atom stereocenters. The number of nitrogens with zero attached hydrogens (tertiary/aromatic N) is 2. The molecule has 21 heavy (non-hydrogen) atoms. The average molecular weight is 288 g/mol. The molecule has 5 heteroatoms. The topological polar surface area (TPSA) is 57.7 Å². The van der Waals surface area contributed by atoms with Crippen LogP contribution in [0.3, 0.4) is 0 Å². The molecule has 3 amide bonds. The van der Waals surface area contributed by atoms with Gasteiger partial charge in [-0.3, -0.25) is 19.3 Å². The zero-order valence-corrected chi connectivity index (χ0v) is 12.4. The van der Waals surface area contributed by atoms with E-state index in [0.717, 1.165) is 5.56 Å². The van der Waals surface area contributed by atoms with Crippen LogP contribution >= 0.6 is 0 Å². The van der Waals surface area contributed by atoms with Crippen molar-refractivity contribution in [3.8, 4) is 0 Å². The molecule has 0 aromatic heterocycles. The Morgan fingerprint density at radius 3 is 2.33 bits per heavy atom. The highest BCUT2D eigenvalue weighted by atomic mass is 16.2. The summed E-state index contributed by atoms with van der Waals surface area (Å²) in [7, 11) is 1.74. The molecular formula is C16H20N2O3. The van der Waals surface area contributed by atoms with Crippen molar-refractivity contribution in [3.63, 3.8) is 0 Å². The molecule has 1 atom stereocenters. The van der Waals surface area contributed by atoms with Gasteiger partial charge in [-0.05, 0) is 12.5 Å². The van der Waals surface area contributed by atoms with Crippen LogP contribution in [0.5, 0.6) is 0 Å². The smallest absolute Gasteiger partial charge is 0.229 e. The van der Waals surface area contributed by atoms with E-state index in [0.29, 0.717) is 0 Å². The number of imide groups is 1. The van der Waals surface area contributed by atoms with Crippen LogP contribution in [-0.2, 0) is 14.4 Å². The lowest BCUT2D eigenvalue weighted by Gasteiger charge is -2.26. The van der Waals surface area contributed by atoms with Crippen molar-refractivity contribution >= 4 is 17.7 Å². The normalized spacial score (nSPS) is 16.2. The van der Waals surface area contributed by atoms with Gasteiger partial charge in [0.2, 0.25) is 17.7 Å². The Balaban J connectivity index is 1.91. The van der Waals surface area contributed by atoms with Gasteiger partial charge in [-0.1, -0.05) is 30.3 Å². The highest BCUT2D eigenvalue weighted by Crippen LogP contribution is 2.19. The van der Waals surface area contributed by atoms with Gasteiger partial charge in [0, 0.05) is 32.9 Å². The minimum atomic E-state index is -0.174. The molecule has 1 saturated heterocycles. The third-order valence-corrected chi connectivity index (χ3v) is 3.96. The van der Waals surface area contributed by atoms with Crippen LogP contribution in [0.1, 0.15) is 37.8 Å². The Morgan fingerprint density at radius 1 is 1.19 bits per heavy atom. The Bertz CT molecular complexity index is 526. The van der Waals surface area contributed by atoms with Gasteiger partial charge in [-0.2, -0.15) is 0 Å². The van der Waals surface area contributed by atoms with Gasteiger partial charge in [-0.25, -0.2) is 0 Å². The quantitative estimate of drug-likeness (QED) is 0.776. The molecule has 5 nitrogen and oxygen atoms in total. The maximum absolute atomic E-state index is 12.2. The van der Waals surface area contributed by atoms with E-state index in [2.05, 4.69) is 0 Å². The molecule has 0 bridgehead atoms. The van der Waals surface area contributed by atoms with Crippen LogP contribution in [0.2, 0.25) is 0 Å². The number of rotatable bonds is 5. The molecule has 1 aromatic carbocycles. The van der Waals surface area contributed by atoms with E-state index >= 15 is 0 Å². The summed E-state index contributed by atoms with van der Waals surface area (Å²) in [5.41, 5.74) is 1.06. The van der Waals surface area contributed by atoms with E-state index in [1.807, 2.05) is 37.3 Å². The first-order valence-electron chi connectivity index (χ1n) is 7.14. The lowest BCUT2D eigenvalue weighted by Crippen LogP contribution is -2.35. The minimum absolute atomic E-state index is 0.0383. The van der Waals surface area contributed by atoms with Gasteiger partial charge in [0.05, 0.1) is 6.04 Å². The number of likely N-dealkylation sites (tertiary alicyclic amines) is 1. The van der Waals surface area contributed by atoms with Crippen LogP contribution in [0.15, 0.2) is 30.3 Å². The first kappa shape index (κ1) is 15.2. The molecule has 0 spiro atoms. The lowest BCUT2D eigenvalue weighted by atomic mass is 10.1. The molecule has 1 fully saturated rings. The maximum Gasteiger partial charge on any atom is 0.229 e. The Kier molecular flexibility index (Phi) is 4.73. The van der Waals surface area contributed by atoms with Crippen molar-refractivity contribution in [1.29, 1.82) is 0 Å². The first-order valence-corrected chi connectivity index (χ1v) is 7.14. The Labute approximate surface area is 124 Å². The average Bonchev–Trinajstić information content (AvgIpc) is 2.83. The summed E-state index contributed by atoms with van der Waals surface area (Å²) >= 11 is 0. The molecule has 1 aliphatic heterocycles. The third kappa shape index (κ3) is 3.48. The van der Waals surface area contributed by atoms with Crippen molar-refractivity contribution in [1.82, 2.24) is 9.80 Å². The molecule has 1 aromatic rings. The summed E-state index contributed by atoms with van der Waals surface area (Å²) in [6.07, 6.45) is 0.706. The fraction of sp³-hybridized carbons (Fsp3) is 0.438. The van der Waals surface area contributed by atoms with Crippen molar-refractivity contribution < 1.29 is 14.4 Å². The number of carbonyl (C=O) groups excluding carboxylic acids is 3. The fourth-order valence-corrected chi connectivity index (χ4v) is 2.43. The van der Waals surface area contributed by atoms with Crippen LogP contribution in [0.25, 0.3) is 0 Å². The number of benzene rings is 1. The standard InChI is InChI=1S/C16H20N2O3/c1-12(13-6-4-3-5-7-13)17(2)14(19)10-11-18-15(20)8-9-16(18)21/h3-7,12H,8-11H2,1-2H3. The highest BCUT2D eigenvalue weighted by Gasteiger charge is 2.29. The summed E-state index contributed by atoms with van der Waals surface area (Å²) < 4.78 is 0. The number of hydrogen-bond acceptors (Lipinski definition) is 3. The second kappa shape index (κ2) is 6.52. The van der Waals surface area contributed by atoms with E-state index < -0.39 is 0 Å². The molecule has 112 valence electrons. The van der Waals surface area contributed by atoms with E-state index in [1.165, 1.54) is 4.90 Å². The Morgan fingerprint density at radius 2 is 1.76 bits per heavy atom. The van der Waals surface area contributed by atoms with Gasteiger partial charge in [0.1, 0.15) is 0 Å². The lowest BCUT2D eigenvalue weighted by molar-refractivity contribution is -0.139. The van der Waals surface area contributed by atoms with Crippen LogP contribution < -0.4 is 0 Å².